The van der Waals surface area contributed by atoms with Gasteiger partial charge in [-0.2, -0.15) is 4.98 Å². The minimum absolute atomic E-state index is 0.0837. The van der Waals surface area contributed by atoms with Gasteiger partial charge in [0.2, 0.25) is 0 Å². The molecule has 1 aliphatic rings. The molecule has 0 saturated heterocycles. The molecule has 0 saturated carbocycles. The Labute approximate surface area is 170 Å². The average molecular weight is 456 g/mol. The molecule has 2 aromatic carbocycles. The second-order valence-corrected chi connectivity index (χ2v) is 8.13. The van der Waals surface area contributed by atoms with E-state index in [0.717, 1.165) is 15.7 Å². The van der Waals surface area contributed by atoms with E-state index in [1.165, 1.54) is 29.5 Å². The normalized spacial score (nSPS) is 13.4. The van der Waals surface area contributed by atoms with Crippen molar-refractivity contribution in [3.63, 3.8) is 0 Å². The molecule has 1 aliphatic heterocycles. The van der Waals surface area contributed by atoms with Crippen LogP contribution in [-0.2, 0) is 6.54 Å². The largest absolute Gasteiger partial charge is 0.510 e. The van der Waals surface area contributed by atoms with Crippen molar-refractivity contribution < 1.29 is 9.50 Å². The Kier molecular flexibility index (Phi) is 3.92. The van der Waals surface area contributed by atoms with Crippen LogP contribution in [0.2, 0.25) is 0 Å². The maximum atomic E-state index is 13.5. The summed E-state index contributed by atoms with van der Waals surface area (Å²) in [5, 5.41) is 13.3. The van der Waals surface area contributed by atoms with Crippen LogP contribution in [0, 0.1) is 5.82 Å². The van der Waals surface area contributed by atoms with Crippen LogP contribution in [-0.4, -0.2) is 19.6 Å². The fraction of sp³-hybridized carbons (Fsp3) is 0.0500. The molecule has 0 aliphatic carbocycles. The van der Waals surface area contributed by atoms with Crippen LogP contribution < -0.4 is 5.56 Å². The van der Waals surface area contributed by atoms with Gasteiger partial charge in [0.1, 0.15) is 16.6 Å². The van der Waals surface area contributed by atoms with Gasteiger partial charge < -0.3 is 9.67 Å². The Morgan fingerprint density at radius 1 is 1.14 bits per heavy atom. The second-order valence-electron chi connectivity index (χ2n) is 6.35. The molecule has 0 fully saturated rings. The lowest BCUT2D eigenvalue weighted by Crippen LogP contribution is -2.15. The highest BCUT2D eigenvalue weighted by Gasteiger charge is 2.28. The van der Waals surface area contributed by atoms with Crippen LogP contribution in [0.1, 0.15) is 10.8 Å². The number of benzene rings is 2. The highest BCUT2D eigenvalue weighted by Crippen LogP contribution is 2.36. The highest BCUT2D eigenvalue weighted by atomic mass is 79.9. The minimum atomic E-state index is -0.530. The minimum Gasteiger partial charge on any atom is -0.510 e. The maximum Gasteiger partial charge on any atom is 0.281 e. The fourth-order valence-corrected chi connectivity index (χ4v) is 4.47. The van der Waals surface area contributed by atoms with Gasteiger partial charge in [0.15, 0.2) is 5.82 Å². The SMILES string of the molecule is O=c1nc2n(c3ccc(F)cc13)CC(O)=C2c1nc(-c2ccc(Br)cc2)cs1. The number of thiazole rings is 1. The summed E-state index contributed by atoms with van der Waals surface area (Å²) in [7, 11) is 0. The summed E-state index contributed by atoms with van der Waals surface area (Å²) in [4.78, 5) is 21.2. The molecule has 0 spiro atoms. The lowest BCUT2D eigenvalue weighted by atomic mass is 10.2. The molecule has 138 valence electrons. The molecule has 0 radical (unpaired) electrons. The van der Waals surface area contributed by atoms with Crippen molar-refractivity contribution in [1.29, 1.82) is 0 Å². The van der Waals surface area contributed by atoms with E-state index in [0.29, 0.717) is 21.9 Å². The van der Waals surface area contributed by atoms with Crippen LogP contribution in [0.4, 0.5) is 4.39 Å². The average Bonchev–Trinajstić information content (AvgIpc) is 3.27. The number of halogens is 2. The molecule has 0 bridgehead atoms. The van der Waals surface area contributed by atoms with E-state index in [2.05, 4.69) is 25.9 Å². The van der Waals surface area contributed by atoms with Gasteiger partial charge >= 0.3 is 0 Å². The number of fused-ring (bicyclic) bond motifs is 3. The van der Waals surface area contributed by atoms with Crippen LogP contribution in [0.5, 0.6) is 0 Å². The molecule has 2 aromatic heterocycles. The van der Waals surface area contributed by atoms with Crippen LogP contribution in [0.3, 0.4) is 0 Å². The number of rotatable bonds is 2. The van der Waals surface area contributed by atoms with Gasteiger partial charge in [0.05, 0.1) is 28.7 Å². The molecule has 5 rings (SSSR count). The maximum absolute atomic E-state index is 13.5. The van der Waals surface area contributed by atoms with Crippen molar-refractivity contribution in [3.8, 4) is 11.3 Å². The number of nitrogens with zero attached hydrogens (tertiary/aromatic N) is 3. The Morgan fingerprint density at radius 2 is 1.93 bits per heavy atom. The van der Waals surface area contributed by atoms with E-state index >= 15 is 0 Å². The molecule has 28 heavy (non-hydrogen) atoms. The molecule has 0 amide bonds. The quantitative estimate of drug-likeness (QED) is 0.473. The van der Waals surface area contributed by atoms with E-state index < -0.39 is 11.4 Å². The third-order valence-electron chi connectivity index (χ3n) is 4.62. The predicted molar refractivity (Wildman–Crippen MR) is 110 cm³/mol. The van der Waals surface area contributed by atoms with Crippen molar-refractivity contribution in [2.45, 2.75) is 6.54 Å². The van der Waals surface area contributed by atoms with E-state index in [1.807, 2.05) is 29.6 Å². The summed E-state index contributed by atoms with van der Waals surface area (Å²) >= 11 is 4.78. The monoisotopic (exact) mass is 455 g/mol. The number of hydrogen-bond donors (Lipinski definition) is 1. The zero-order chi connectivity index (χ0) is 19.4. The number of aliphatic hydroxyl groups excluding tert-OH is 1. The van der Waals surface area contributed by atoms with Gasteiger partial charge in [-0.3, -0.25) is 4.79 Å². The van der Waals surface area contributed by atoms with Gasteiger partial charge in [-0.05, 0) is 30.3 Å². The number of aliphatic hydroxyl groups is 1. The van der Waals surface area contributed by atoms with E-state index in [9.17, 15) is 14.3 Å². The Balaban J connectivity index is 1.64. The number of aromatic nitrogens is 3. The van der Waals surface area contributed by atoms with Crippen molar-refractivity contribution in [1.82, 2.24) is 14.5 Å². The summed E-state index contributed by atoms with van der Waals surface area (Å²) in [6.45, 7) is 0.160. The molecule has 0 atom stereocenters. The summed E-state index contributed by atoms with van der Waals surface area (Å²) in [6, 6.07) is 11.8. The van der Waals surface area contributed by atoms with Crippen LogP contribution in [0.15, 0.2) is 62.9 Å². The zero-order valence-electron chi connectivity index (χ0n) is 14.2. The molecule has 3 heterocycles. The molecular formula is C20H11BrFN3O2S. The smallest absolute Gasteiger partial charge is 0.281 e. The molecule has 5 nitrogen and oxygen atoms in total. The molecule has 8 heteroatoms. The van der Waals surface area contributed by atoms with Crippen molar-refractivity contribution in [2.75, 3.05) is 0 Å². The van der Waals surface area contributed by atoms with Gasteiger partial charge in [0, 0.05) is 15.4 Å². The third-order valence-corrected chi connectivity index (χ3v) is 6.01. The van der Waals surface area contributed by atoms with Crippen LogP contribution in [0.25, 0.3) is 27.7 Å². The molecule has 4 aromatic rings. The summed E-state index contributed by atoms with van der Waals surface area (Å²) in [6.07, 6.45) is 0. The fourth-order valence-electron chi connectivity index (χ4n) is 3.32. The standard InChI is InChI=1S/C20H11BrFN3O2S/c21-11-3-1-10(2-4-11)14-9-28-20(23-14)17-16(26)8-25-15-6-5-12(22)7-13(15)19(27)24-18(17)25/h1-7,9,26H,8H2. The van der Waals surface area contributed by atoms with Crippen molar-refractivity contribution in [2.24, 2.45) is 0 Å². The predicted octanol–water partition coefficient (Wildman–Crippen LogP) is 4.75. The Morgan fingerprint density at radius 3 is 2.71 bits per heavy atom. The zero-order valence-corrected chi connectivity index (χ0v) is 16.6. The van der Waals surface area contributed by atoms with E-state index in [4.69, 9.17) is 0 Å². The first-order valence-corrected chi connectivity index (χ1v) is 10.0. The molecular weight excluding hydrogens is 445 g/mol. The number of allylic oxidation sites excluding steroid dienone is 1. The summed E-state index contributed by atoms with van der Waals surface area (Å²) in [5.41, 5.74) is 2.16. The third kappa shape index (κ3) is 2.68. The Hall–Kier alpha value is -2.84. The first-order chi connectivity index (χ1) is 13.5. The van der Waals surface area contributed by atoms with Crippen molar-refractivity contribution in [3.05, 3.63) is 85.1 Å². The van der Waals surface area contributed by atoms with Gasteiger partial charge in [-0.15, -0.1) is 11.3 Å². The van der Waals surface area contributed by atoms with Gasteiger partial charge in [-0.25, -0.2) is 9.37 Å². The summed E-state index contributed by atoms with van der Waals surface area (Å²) < 4.78 is 16.2. The van der Waals surface area contributed by atoms with Crippen LogP contribution >= 0.6 is 27.3 Å². The lowest BCUT2D eigenvalue weighted by molar-refractivity contribution is 0.389. The van der Waals surface area contributed by atoms with Gasteiger partial charge in [0.25, 0.3) is 5.56 Å². The first-order valence-electron chi connectivity index (χ1n) is 8.36. The van der Waals surface area contributed by atoms with Gasteiger partial charge in [-0.1, -0.05) is 28.1 Å². The molecule has 1 N–H and O–H groups in total. The first kappa shape index (κ1) is 17.3. The van der Waals surface area contributed by atoms with E-state index in [-0.39, 0.29) is 17.7 Å². The van der Waals surface area contributed by atoms with Crippen molar-refractivity contribution >= 4 is 43.7 Å². The topological polar surface area (TPSA) is 68.0 Å². The van der Waals surface area contributed by atoms with E-state index in [1.54, 1.807) is 4.57 Å². The summed E-state index contributed by atoms with van der Waals surface area (Å²) in [5.74, 6) is -0.0693. The highest BCUT2D eigenvalue weighted by molar-refractivity contribution is 9.10. The Bertz CT molecular complexity index is 1340. The molecule has 0 unspecified atom stereocenters. The lowest BCUT2D eigenvalue weighted by Gasteiger charge is -2.08. The second kappa shape index (κ2) is 6.35. The number of hydrogen-bond acceptors (Lipinski definition) is 5.